The Morgan fingerprint density at radius 3 is 3.07 bits per heavy atom. The monoisotopic (exact) mass is 201 g/mol. The second kappa shape index (κ2) is 3.62. The maximum absolute atomic E-state index is 11.4. The number of rotatable bonds is 1. The van der Waals surface area contributed by atoms with Gasteiger partial charge in [-0.3, -0.25) is 4.79 Å². The zero-order chi connectivity index (χ0) is 10.8. The van der Waals surface area contributed by atoms with Crippen molar-refractivity contribution in [3.63, 3.8) is 0 Å². The molecule has 4 nitrogen and oxygen atoms in total. The summed E-state index contributed by atoms with van der Waals surface area (Å²) in [5.74, 6) is -0.0629. The number of hydrogen-bond donors (Lipinski definition) is 1. The van der Waals surface area contributed by atoms with Crippen molar-refractivity contribution in [1.82, 2.24) is 0 Å². The topological polar surface area (TPSA) is 56.1 Å². The molecular formula is C11H11N3O. The molecule has 0 aliphatic carbocycles. The fraction of sp³-hybridized carbons (Fsp3) is 0.273. The van der Waals surface area contributed by atoms with Crippen LogP contribution in [0.4, 0.5) is 11.4 Å². The Labute approximate surface area is 88.1 Å². The zero-order valence-electron chi connectivity index (χ0n) is 8.45. The summed E-state index contributed by atoms with van der Waals surface area (Å²) in [7, 11) is 0. The Morgan fingerprint density at radius 2 is 2.40 bits per heavy atom. The molecule has 1 aromatic carbocycles. The van der Waals surface area contributed by atoms with E-state index in [1.165, 1.54) is 0 Å². The molecule has 0 spiro atoms. The number of nitrogens with one attached hydrogen (secondary N) is 1. The van der Waals surface area contributed by atoms with E-state index in [1.807, 2.05) is 24.0 Å². The number of likely N-dealkylation sites (N-methyl/N-ethyl adjacent to an activating group) is 1. The highest BCUT2D eigenvalue weighted by atomic mass is 16.2. The van der Waals surface area contributed by atoms with Gasteiger partial charge in [-0.2, -0.15) is 5.26 Å². The Bertz CT molecular complexity index is 448. The van der Waals surface area contributed by atoms with Gasteiger partial charge in [-0.1, -0.05) is 6.07 Å². The van der Waals surface area contributed by atoms with Gasteiger partial charge in [-0.15, -0.1) is 0 Å². The molecule has 1 aliphatic rings. The van der Waals surface area contributed by atoms with Crippen molar-refractivity contribution in [3.8, 4) is 6.07 Å². The van der Waals surface area contributed by atoms with E-state index in [0.717, 1.165) is 12.2 Å². The van der Waals surface area contributed by atoms with E-state index >= 15 is 0 Å². The molecule has 0 bridgehead atoms. The molecule has 2 rings (SSSR count). The van der Waals surface area contributed by atoms with Crippen LogP contribution in [0.25, 0.3) is 0 Å². The first-order valence-electron chi connectivity index (χ1n) is 4.84. The summed E-state index contributed by atoms with van der Waals surface area (Å²) in [4.78, 5) is 13.4. The third-order valence-electron chi connectivity index (χ3n) is 2.48. The number of carbonyl (C=O) groups excluding carboxylic acids is 1. The molecule has 0 fully saturated rings. The Kier molecular flexibility index (Phi) is 2.30. The fourth-order valence-corrected chi connectivity index (χ4v) is 1.75. The van der Waals surface area contributed by atoms with Crippen molar-refractivity contribution in [2.24, 2.45) is 0 Å². The second-order valence-corrected chi connectivity index (χ2v) is 3.37. The van der Waals surface area contributed by atoms with Crippen molar-refractivity contribution in [2.45, 2.75) is 6.92 Å². The minimum absolute atomic E-state index is 0.0629. The number of fused-ring (bicyclic) bond motifs is 1. The summed E-state index contributed by atoms with van der Waals surface area (Å²) in [5, 5.41) is 11.7. The van der Waals surface area contributed by atoms with Crippen molar-refractivity contribution >= 4 is 17.3 Å². The lowest BCUT2D eigenvalue weighted by Gasteiger charge is -2.30. The van der Waals surface area contributed by atoms with Gasteiger partial charge in [-0.05, 0) is 19.1 Å². The summed E-state index contributed by atoms with van der Waals surface area (Å²) in [6.45, 7) is 3.11. The molecule has 1 N–H and O–H groups in total. The molecule has 1 aromatic rings. The number of amides is 1. The largest absolute Gasteiger partial charge is 0.361 e. The standard InChI is InChI=1S/C11H11N3O/c1-2-14-7-10(15)13-11-8(6-12)4-3-5-9(11)14/h3-5H,2,7H2,1H3,(H,13,15). The number of anilines is 2. The van der Waals surface area contributed by atoms with Gasteiger partial charge in [0.25, 0.3) is 0 Å². The van der Waals surface area contributed by atoms with Gasteiger partial charge in [0.15, 0.2) is 0 Å². The van der Waals surface area contributed by atoms with Crippen LogP contribution in [-0.4, -0.2) is 19.0 Å². The maximum Gasteiger partial charge on any atom is 0.243 e. The maximum atomic E-state index is 11.4. The predicted octanol–water partition coefficient (Wildman–Crippen LogP) is 1.34. The molecule has 0 saturated heterocycles. The number of hydrogen-bond acceptors (Lipinski definition) is 3. The molecule has 0 aromatic heterocycles. The predicted molar refractivity (Wildman–Crippen MR) is 57.7 cm³/mol. The summed E-state index contributed by atoms with van der Waals surface area (Å²) in [5.41, 5.74) is 2.08. The van der Waals surface area contributed by atoms with Gasteiger partial charge in [0.05, 0.1) is 23.5 Å². The molecule has 1 heterocycles. The first-order valence-corrected chi connectivity index (χ1v) is 4.84. The van der Waals surface area contributed by atoms with Crippen molar-refractivity contribution in [3.05, 3.63) is 23.8 Å². The van der Waals surface area contributed by atoms with E-state index in [1.54, 1.807) is 6.07 Å². The summed E-state index contributed by atoms with van der Waals surface area (Å²) in [6, 6.07) is 7.53. The third kappa shape index (κ3) is 1.52. The lowest BCUT2D eigenvalue weighted by molar-refractivity contribution is -0.115. The highest BCUT2D eigenvalue weighted by Gasteiger charge is 2.22. The van der Waals surface area contributed by atoms with Gasteiger partial charge in [-0.25, -0.2) is 0 Å². The average molecular weight is 201 g/mol. The van der Waals surface area contributed by atoms with Crippen LogP contribution in [0.3, 0.4) is 0 Å². The van der Waals surface area contributed by atoms with Gasteiger partial charge in [0.2, 0.25) is 5.91 Å². The quantitative estimate of drug-likeness (QED) is 0.745. The molecule has 0 radical (unpaired) electrons. The first-order chi connectivity index (χ1) is 7.26. The molecule has 1 amide bonds. The minimum atomic E-state index is -0.0629. The number of nitrogens with zero attached hydrogens (tertiary/aromatic N) is 2. The summed E-state index contributed by atoms with van der Waals surface area (Å²) in [6.07, 6.45) is 0. The molecular weight excluding hydrogens is 190 g/mol. The van der Waals surface area contributed by atoms with Gasteiger partial charge in [0.1, 0.15) is 6.07 Å². The third-order valence-corrected chi connectivity index (χ3v) is 2.48. The van der Waals surface area contributed by atoms with E-state index in [4.69, 9.17) is 5.26 Å². The molecule has 15 heavy (non-hydrogen) atoms. The first kappa shape index (κ1) is 9.53. The lowest BCUT2D eigenvalue weighted by atomic mass is 10.1. The van der Waals surface area contributed by atoms with Crippen LogP contribution in [0.5, 0.6) is 0 Å². The highest BCUT2D eigenvalue weighted by Crippen LogP contribution is 2.31. The summed E-state index contributed by atoms with van der Waals surface area (Å²) < 4.78 is 0. The van der Waals surface area contributed by atoms with Crippen LogP contribution in [0.15, 0.2) is 18.2 Å². The van der Waals surface area contributed by atoms with E-state index in [9.17, 15) is 4.79 Å². The Balaban J connectivity index is 2.56. The summed E-state index contributed by atoms with van der Waals surface area (Å²) >= 11 is 0. The molecule has 4 heteroatoms. The van der Waals surface area contributed by atoms with E-state index in [-0.39, 0.29) is 5.91 Å². The van der Waals surface area contributed by atoms with Crippen LogP contribution in [0, 0.1) is 11.3 Å². The average Bonchev–Trinajstić information content (AvgIpc) is 2.27. The van der Waals surface area contributed by atoms with E-state index in [2.05, 4.69) is 11.4 Å². The van der Waals surface area contributed by atoms with Crippen LogP contribution >= 0.6 is 0 Å². The van der Waals surface area contributed by atoms with Gasteiger partial charge < -0.3 is 10.2 Å². The second-order valence-electron chi connectivity index (χ2n) is 3.37. The Morgan fingerprint density at radius 1 is 1.60 bits per heavy atom. The number of para-hydroxylation sites is 1. The molecule has 1 aliphatic heterocycles. The number of nitriles is 1. The van der Waals surface area contributed by atoms with Crippen molar-refractivity contribution < 1.29 is 4.79 Å². The number of carbonyl (C=O) groups is 1. The Hall–Kier alpha value is -2.02. The molecule has 0 saturated carbocycles. The fourth-order valence-electron chi connectivity index (χ4n) is 1.75. The molecule has 76 valence electrons. The molecule has 0 atom stereocenters. The number of benzene rings is 1. The molecule has 0 unspecified atom stereocenters. The van der Waals surface area contributed by atoms with Crippen LogP contribution < -0.4 is 10.2 Å². The van der Waals surface area contributed by atoms with Crippen molar-refractivity contribution in [1.29, 1.82) is 5.26 Å². The van der Waals surface area contributed by atoms with E-state index < -0.39 is 0 Å². The minimum Gasteiger partial charge on any atom is -0.361 e. The highest BCUT2D eigenvalue weighted by molar-refractivity contribution is 6.02. The van der Waals surface area contributed by atoms with E-state index in [0.29, 0.717) is 17.8 Å². The van der Waals surface area contributed by atoms with Crippen molar-refractivity contribution in [2.75, 3.05) is 23.3 Å². The van der Waals surface area contributed by atoms with Crippen LogP contribution in [0.2, 0.25) is 0 Å². The van der Waals surface area contributed by atoms with Gasteiger partial charge in [0, 0.05) is 6.54 Å². The zero-order valence-corrected chi connectivity index (χ0v) is 8.45. The lowest BCUT2D eigenvalue weighted by Crippen LogP contribution is -2.38. The normalized spacial score (nSPS) is 14.1. The van der Waals surface area contributed by atoms with Gasteiger partial charge >= 0.3 is 0 Å². The smallest absolute Gasteiger partial charge is 0.243 e. The van der Waals surface area contributed by atoms with Crippen LogP contribution in [-0.2, 0) is 4.79 Å². The van der Waals surface area contributed by atoms with Crippen LogP contribution in [0.1, 0.15) is 12.5 Å². The SMILES string of the molecule is CCN1CC(=O)Nc2c(C#N)cccc21.